The second-order valence-corrected chi connectivity index (χ2v) is 2.78. The predicted molar refractivity (Wildman–Crippen MR) is 33.6 cm³/mol. The lowest BCUT2D eigenvalue weighted by Crippen LogP contribution is -3.11. The van der Waals surface area contributed by atoms with E-state index in [9.17, 15) is 5.21 Å². The Morgan fingerprint density at radius 1 is 1.67 bits per heavy atom. The van der Waals surface area contributed by atoms with Crippen LogP contribution in [0.2, 0.25) is 0 Å². The molecule has 1 N–H and O–H groups in total. The van der Waals surface area contributed by atoms with Gasteiger partial charge in [-0.1, -0.05) is 0 Å². The van der Waals surface area contributed by atoms with Crippen molar-refractivity contribution in [2.45, 2.75) is 32.2 Å². The number of hydrogen-bond donors (Lipinski definition) is 1. The molecule has 0 aliphatic heterocycles. The van der Waals surface area contributed by atoms with Crippen molar-refractivity contribution in [3.8, 4) is 0 Å². The van der Waals surface area contributed by atoms with Gasteiger partial charge in [-0.3, -0.25) is 0 Å². The molecule has 54 valence electrons. The van der Waals surface area contributed by atoms with Gasteiger partial charge in [-0.15, -0.1) is 0 Å². The Bertz CT molecular complexity index is 101. The maximum absolute atomic E-state index is 10.9. The van der Waals surface area contributed by atoms with E-state index >= 15 is 0 Å². The van der Waals surface area contributed by atoms with Crippen molar-refractivity contribution >= 4 is 0 Å². The van der Waals surface area contributed by atoms with Gasteiger partial charge in [-0.05, 0) is 13.8 Å². The summed E-state index contributed by atoms with van der Waals surface area (Å²) in [6.07, 6.45) is 2.01. The zero-order chi connectivity index (χ0) is 6.91. The highest BCUT2D eigenvalue weighted by molar-refractivity contribution is 4.87. The molecule has 0 bridgehead atoms. The Morgan fingerprint density at radius 2 is 2.22 bits per heavy atom. The van der Waals surface area contributed by atoms with Crippen molar-refractivity contribution in [3.05, 3.63) is 5.21 Å². The lowest BCUT2D eigenvalue weighted by atomic mass is 10.4. The van der Waals surface area contributed by atoms with Crippen LogP contribution >= 0.6 is 0 Å². The standard InChI is InChI=1S/C6H13NO2/c1-3-9-7(8)6(2)4-5-6/h7H,3-5H2,1-2H3. The van der Waals surface area contributed by atoms with Gasteiger partial charge in [0.15, 0.2) is 0 Å². The monoisotopic (exact) mass is 131 g/mol. The first kappa shape index (κ1) is 6.99. The van der Waals surface area contributed by atoms with Crippen LogP contribution in [0.1, 0.15) is 26.7 Å². The van der Waals surface area contributed by atoms with Gasteiger partial charge in [0.05, 0.1) is 0 Å². The maximum Gasteiger partial charge on any atom is 0.125 e. The average Bonchev–Trinajstić information content (AvgIpc) is 2.50. The minimum atomic E-state index is -0.101. The molecule has 3 nitrogen and oxygen atoms in total. The molecule has 3 heteroatoms. The van der Waals surface area contributed by atoms with E-state index in [0.717, 1.165) is 12.8 Å². The number of quaternary nitrogens is 1. The molecule has 0 saturated heterocycles. The summed E-state index contributed by atoms with van der Waals surface area (Å²) < 4.78 is 0. The van der Waals surface area contributed by atoms with Crippen LogP contribution in [0.15, 0.2) is 0 Å². The summed E-state index contributed by atoms with van der Waals surface area (Å²) in [5, 5.41) is 10.9. The van der Waals surface area contributed by atoms with E-state index in [1.807, 2.05) is 13.8 Å². The van der Waals surface area contributed by atoms with Gasteiger partial charge in [0.25, 0.3) is 0 Å². The molecule has 0 amide bonds. The second-order valence-electron chi connectivity index (χ2n) is 2.78. The van der Waals surface area contributed by atoms with Crippen LogP contribution in [0.4, 0.5) is 0 Å². The van der Waals surface area contributed by atoms with Crippen LogP contribution in [-0.2, 0) is 4.84 Å². The van der Waals surface area contributed by atoms with E-state index in [1.165, 1.54) is 0 Å². The molecule has 0 aromatic carbocycles. The van der Waals surface area contributed by atoms with Crippen molar-refractivity contribution in [2.75, 3.05) is 6.61 Å². The lowest BCUT2D eigenvalue weighted by molar-refractivity contribution is -1.08. The largest absolute Gasteiger partial charge is 0.599 e. The number of nitrogens with one attached hydrogen (secondary N) is 1. The Labute approximate surface area is 55.1 Å². The molecule has 0 aromatic heterocycles. The molecule has 0 radical (unpaired) electrons. The molecule has 1 fully saturated rings. The Morgan fingerprint density at radius 3 is 2.56 bits per heavy atom. The molecule has 1 aliphatic rings. The lowest BCUT2D eigenvalue weighted by Gasteiger charge is -2.25. The number of hydrogen-bond acceptors (Lipinski definition) is 2. The quantitative estimate of drug-likeness (QED) is 0.542. The van der Waals surface area contributed by atoms with Gasteiger partial charge in [0.1, 0.15) is 12.1 Å². The minimum Gasteiger partial charge on any atom is -0.599 e. The van der Waals surface area contributed by atoms with Gasteiger partial charge in [0.2, 0.25) is 0 Å². The summed E-state index contributed by atoms with van der Waals surface area (Å²) in [7, 11) is 0. The molecule has 0 heterocycles. The van der Waals surface area contributed by atoms with E-state index in [1.54, 1.807) is 0 Å². The van der Waals surface area contributed by atoms with Crippen molar-refractivity contribution in [2.24, 2.45) is 0 Å². The topological polar surface area (TPSA) is 36.7 Å². The van der Waals surface area contributed by atoms with Crippen LogP contribution in [0.5, 0.6) is 0 Å². The Kier molecular flexibility index (Phi) is 1.75. The fourth-order valence-corrected chi connectivity index (χ4v) is 0.697. The van der Waals surface area contributed by atoms with Crippen molar-refractivity contribution < 1.29 is 10.1 Å². The van der Waals surface area contributed by atoms with E-state index in [2.05, 4.69) is 0 Å². The molecular weight excluding hydrogens is 118 g/mol. The smallest absolute Gasteiger partial charge is 0.125 e. The molecule has 1 aliphatic carbocycles. The van der Waals surface area contributed by atoms with Gasteiger partial charge in [-0.25, -0.2) is 10.1 Å². The molecule has 0 aromatic rings. The summed E-state index contributed by atoms with van der Waals surface area (Å²) in [5.41, 5.74) is -0.101. The highest BCUT2D eigenvalue weighted by atomic mass is 16.9. The van der Waals surface area contributed by atoms with Crippen LogP contribution in [0, 0.1) is 5.21 Å². The number of rotatable bonds is 3. The van der Waals surface area contributed by atoms with Gasteiger partial charge in [-0.2, -0.15) is 0 Å². The third kappa shape index (κ3) is 1.41. The number of hydroxylamine groups is 2. The third-order valence-corrected chi connectivity index (χ3v) is 1.77. The highest BCUT2D eigenvalue weighted by Crippen LogP contribution is 2.30. The zero-order valence-corrected chi connectivity index (χ0v) is 5.94. The molecule has 1 rings (SSSR count). The van der Waals surface area contributed by atoms with E-state index in [-0.39, 0.29) is 10.8 Å². The molecular formula is C6H13NO2. The summed E-state index contributed by atoms with van der Waals surface area (Å²) in [6.45, 7) is 4.29. The van der Waals surface area contributed by atoms with E-state index in [4.69, 9.17) is 4.84 Å². The summed E-state index contributed by atoms with van der Waals surface area (Å²) in [6, 6.07) is 0. The van der Waals surface area contributed by atoms with Gasteiger partial charge in [0, 0.05) is 12.8 Å². The maximum atomic E-state index is 10.9. The average molecular weight is 131 g/mol. The van der Waals surface area contributed by atoms with Crippen molar-refractivity contribution in [3.63, 3.8) is 0 Å². The second kappa shape index (κ2) is 2.25. The normalized spacial score (nSPS) is 25.7. The van der Waals surface area contributed by atoms with Crippen LogP contribution in [0.3, 0.4) is 0 Å². The van der Waals surface area contributed by atoms with Crippen LogP contribution in [-0.4, -0.2) is 12.1 Å². The Balaban J connectivity index is 2.24. The summed E-state index contributed by atoms with van der Waals surface area (Å²) in [5.74, 6) is 0. The van der Waals surface area contributed by atoms with Crippen LogP contribution < -0.4 is 5.23 Å². The van der Waals surface area contributed by atoms with E-state index < -0.39 is 0 Å². The first-order valence-electron chi connectivity index (χ1n) is 3.36. The van der Waals surface area contributed by atoms with E-state index in [0.29, 0.717) is 6.61 Å². The third-order valence-electron chi connectivity index (χ3n) is 1.77. The fraction of sp³-hybridized carbons (Fsp3) is 1.00. The zero-order valence-electron chi connectivity index (χ0n) is 5.94. The molecule has 0 spiro atoms. The van der Waals surface area contributed by atoms with Crippen molar-refractivity contribution in [1.29, 1.82) is 0 Å². The molecule has 1 atom stereocenters. The van der Waals surface area contributed by atoms with Crippen LogP contribution in [0.25, 0.3) is 0 Å². The fourth-order valence-electron chi connectivity index (χ4n) is 0.697. The molecule has 1 unspecified atom stereocenters. The van der Waals surface area contributed by atoms with Crippen molar-refractivity contribution in [1.82, 2.24) is 0 Å². The summed E-state index contributed by atoms with van der Waals surface area (Å²) in [4.78, 5) is 4.83. The first-order valence-corrected chi connectivity index (χ1v) is 3.36. The molecule has 1 saturated carbocycles. The minimum absolute atomic E-state index is 0.0231. The summed E-state index contributed by atoms with van der Waals surface area (Å²) >= 11 is 0. The first-order chi connectivity index (χ1) is 4.19. The van der Waals surface area contributed by atoms with Gasteiger partial charge >= 0.3 is 0 Å². The molecule has 9 heavy (non-hydrogen) atoms. The SMILES string of the molecule is CCO[NH+]([O-])C1(C)CC1. The van der Waals surface area contributed by atoms with Gasteiger partial charge < -0.3 is 5.21 Å². The predicted octanol–water partition coefficient (Wildman–Crippen LogP) is -0.127. The highest BCUT2D eigenvalue weighted by Gasteiger charge is 2.45. The Hall–Kier alpha value is -0.120.